The van der Waals surface area contributed by atoms with Crippen molar-refractivity contribution < 1.29 is 18.3 Å². The molecular formula is C18H24FN3O3S. The van der Waals surface area contributed by atoms with Gasteiger partial charge in [-0.25, -0.2) is 9.18 Å². The molecule has 142 valence electrons. The number of ether oxygens (including phenoxy) is 1. The number of amides is 1. The largest absolute Gasteiger partial charge is 0.444 e. The van der Waals surface area contributed by atoms with E-state index in [2.05, 4.69) is 15.5 Å². The number of rotatable bonds is 6. The fraction of sp³-hybridized carbons (Fsp3) is 0.500. The first-order valence-electron chi connectivity index (χ1n) is 8.35. The summed E-state index contributed by atoms with van der Waals surface area (Å²) in [4.78, 5) is 12.0. The summed E-state index contributed by atoms with van der Waals surface area (Å²) in [5.74, 6) is 0.417. The molecule has 1 aromatic carbocycles. The van der Waals surface area contributed by atoms with Gasteiger partial charge in [-0.05, 0) is 38.3 Å². The third-order valence-corrected chi connectivity index (χ3v) is 4.20. The van der Waals surface area contributed by atoms with Crippen molar-refractivity contribution in [3.8, 4) is 0 Å². The van der Waals surface area contributed by atoms with Gasteiger partial charge in [0.15, 0.2) is 0 Å². The van der Waals surface area contributed by atoms with E-state index in [1.54, 1.807) is 39.0 Å². The van der Waals surface area contributed by atoms with Gasteiger partial charge in [-0.3, -0.25) is 0 Å². The Hall–Kier alpha value is -2.09. The molecule has 1 heterocycles. The van der Waals surface area contributed by atoms with Gasteiger partial charge < -0.3 is 14.5 Å². The van der Waals surface area contributed by atoms with Crippen LogP contribution in [0.2, 0.25) is 0 Å². The highest BCUT2D eigenvalue weighted by Gasteiger charge is 2.27. The molecule has 0 aliphatic heterocycles. The van der Waals surface area contributed by atoms with Crippen molar-refractivity contribution in [2.75, 3.05) is 0 Å². The lowest BCUT2D eigenvalue weighted by atomic mass is 10.1. The minimum absolute atomic E-state index is 0.0207. The molecule has 0 aliphatic rings. The van der Waals surface area contributed by atoms with Crippen LogP contribution in [0.3, 0.4) is 0 Å². The SMILES string of the molecule is CC(C)C(NC(=O)OC(C)(C)C)c1nnc(SCc2ccccc2F)o1. The number of nitrogens with one attached hydrogen (secondary N) is 1. The molecule has 2 rings (SSSR count). The van der Waals surface area contributed by atoms with Gasteiger partial charge in [0.2, 0.25) is 5.89 Å². The first-order valence-corrected chi connectivity index (χ1v) is 9.33. The summed E-state index contributed by atoms with van der Waals surface area (Å²) in [6, 6.07) is 6.07. The summed E-state index contributed by atoms with van der Waals surface area (Å²) in [6.07, 6.45) is -0.546. The number of carbonyl (C=O) groups excluding carboxylic acids is 1. The van der Waals surface area contributed by atoms with Crippen LogP contribution in [0.15, 0.2) is 33.9 Å². The van der Waals surface area contributed by atoms with Crippen molar-refractivity contribution in [2.24, 2.45) is 5.92 Å². The summed E-state index contributed by atoms with van der Waals surface area (Å²) in [5.41, 5.74) is -0.0362. The minimum atomic E-state index is -0.596. The summed E-state index contributed by atoms with van der Waals surface area (Å²) in [6.45, 7) is 9.24. The van der Waals surface area contributed by atoms with Crippen molar-refractivity contribution in [2.45, 2.75) is 57.2 Å². The molecule has 1 atom stereocenters. The third kappa shape index (κ3) is 6.01. The Morgan fingerprint density at radius 2 is 2.00 bits per heavy atom. The highest BCUT2D eigenvalue weighted by Crippen LogP contribution is 2.27. The normalized spacial score (nSPS) is 12.9. The molecule has 0 fully saturated rings. The van der Waals surface area contributed by atoms with E-state index in [1.165, 1.54) is 17.8 Å². The van der Waals surface area contributed by atoms with Crippen LogP contribution in [-0.2, 0) is 10.5 Å². The van der Waals surface area contributed by atoms with Gasteiger partial charge in [0.05, 0.1) is 0 Å². The van der Waals surface area contributed by atoms with Crippen molar-refractivity contribution in [3.63, 3.8) is 0 Å². The first-order chi connectivity index (χ1) is 12.2. The van der Waals surface area contributed by atoms with Gasteiger partial charge in [0.25, 0.3) is 5.22 Å². The van der Waals surface area contributed by atoms with E-state index in [0.717, 1.165) is 0 Å². The smallest absolute Gasteiger partial charge is 0.408 e. The van der Waals surface area contributed by atoms with E-state index in [9.17, 15) is 9.18 Å². The number of hydrogen-bond donors (Lipinski definition) is 1. The lowest BCUT2D eigenvalue weighted by molar-refractivity contribution is 0.0477. The predicted molar refractivity (Wildman–Crippen MR) is 97.2 cm³/mol. The van der Waals surface area contributed by atoms with Crippen LogP contribution in [0.1, 0.15) is 52.1 Å². The summed E-state index contributed by atoms with van der Waals surface area (Å²) < 4.78 is 24.6. The van der Waals surface area contributed by atoms with E-state index in [1.807, 2.05) is 13.8 Å². The Balaban J connectivity index is 2.02. The minimum Gasteiger partial charge on any atom is -0.444 e. The van der Waals surface area contributed by atoms with Crippen LogP contribution in [0.5, 0.6) is 0 Å². The number of benzene rings is 1. The van der Waals surface area contributed by atoms with E-state index >= 15 is 0 Å². The van der Waals surface area contributed by atoms with Crippen LogP contribution in [0, 0.1) is 11.7 Å². The number of thioether (sulfide) groups is 1. The summed E-state index contributed by atoms with van der Waals surface area (Å²) in [7, 11) is 0. The third-order valence-electron chi connectivity index (χ3n) is 3.34. The van der Waals surface area contributed by atoms with Crippen LogP contribution < -0.4 is 5.32 Å². The number of alkyl carbamates (subject to hydrolysis) is 1. The molecule has 0 spiro atoms. The molecule has 0 aliphatic carbocycles. The molecule has 2 aromatic rings. The van der Waals surface area contributed by atoms with Crippen LogP contribution in [0.25, 0.3) is 0 Å². The first kappa shape index (κ1) is 20.2. The molecule has 1 aromatic heterocycles. The maximum Gasteiger partial charge on any atom is 0.408 e. The Kier molecular flexibility index (Phi) is 6.63. The van der Waals surface area contributed by atoms with E-state index in [4.69, 9.17) is 9.15 Å². The highest BCUT2D eigenvalue weighted by atomic mass is 32.2. The van der Waals surface area contributed by atoms with Gasteiger partial charge in [-0.1, -0.05) is 43.8 Å². The second kappa shape index (κ2) is 8.53. The molecule has 0 saturated carbocycles. The second-order valence-electron chi connectivity index (χ2n) is 7.15. The maximum atomic E-state index is 13.7. The Morgan fingerprint density at radius 3 is 2.62 bits per heavy atom. The number of aromatic nitrogens is 2. The molecule has 26 heavy (non-hydrogen) atoms. The quantitative estimate of drug-likeness (QED) is 0.730. The Morgan fingerprint density at radius 1 is 1.31 bits per heavy atom. The fourth-order valence-corrected chi connectivity index (χ4v) is 2.86. The molecule has 0 saturated heterocycles. The fourth-order valence-electron chi connectivity index (χ4n) is 2.11. The van der Waals surface area contributed by atoms with Crippen LogP contribution in [0.4, 0.5) is 9.18 Å². The Labute approximate surface area is 156 Å². The average molecular weight is 381 g/mol. The standard InChI is InChI=1S/C18H24FN3O3S/c1-11(2)14(20-16(23)25-18(3,4)5)15-21-22-17(24-15)26-10-12-8-6-7-9-13(12)19/h6-9,11,14H,10H2,1-5H3,(H,20,23). The molecule has 1 unspecified atom stereocenters. The predicted octanol–water partition coefficient (Wildman–Crippen LogP) is 4.72. The van der Waals surface area contributed by atoms with Gasteiger partial charge in [0.1, 0.15) is 17.5 Å². The molecule has 8 heteroatoms. The lowest BCUT2D eigenvalue weighted by Gasteiger charge is -2.23. The zero-order valence-electron chi connectivity index (χ0n) is 15.6. The van der Waals surface area contributed by atoms with Gasteiger partial charge in [0, 0.05) is 5.75 Å². The van der Waals surface area contributed by atoms with Crippen LogP contribution in [-0.4, -0.2) is 21.9 Å². The average Bonchev–Trinajstić information content (AvgIpc) is 2.98. The van der Waals surface area contributed by atoms with Crippen molar-refractivity contribution >= 4 is 17.9 Å². The van der Waals surface area contributed by atoms with Gasteiger partial charge in [-0.2, -0.15) is 0 Å². The highest BCUT2D eigenvalue weighted by molar-refractivity contribution is 7.98. The lowest BCUT2D eigenvalue weighted by Crippen LogP contribution is -2.37. The van der Waals surface area contributed by atoms with E-state index < -0.39 is 17.7 Å². The molecular weight excluding hydrogens is 357 g/mol. The van der Waals surface area contributed by atoms with E-state index in [0.29, 0.717) is 22.4 Å². The van der Waals surface area contributed by atoms with E-state index in [-0.39, 0.29) is 11.7 Å². The molecule has 1 N–H and O–H groups in total. The molecule has 1 amide bonds. The number of hydrogen-bond acceptors (Lipinski definition) is 6. The Bertz CT molecular complexity index is 743. The number of nitrogens with zero attached hydrogens (tertiary/aromatic N) is 2. The van der Waals surface area contributed by atoms with Crippen molar-refractivity contribution in [1.29, 1.82) is 0 Å². The second-order valence-corrected chi connectivity index (χ2v) is 8.08. The molecule has 0 radical (unpaired) electrons. The van der Waals surface area contributed by atoms with Crippen molar-refractivity contribution in [3.05, 3.63) is 41.5 Å². The molecule has 6 nitrogen and oxygen atoms in total. The maximum absolute atomic E-state index is 13.7. The van der Waals surface area contributed by atoms with Gasteiger partial charge in [-0.15, -0.1) is 10.2 Å². The zero-order valence-corrected chi connectivity index (χ0v) is 16.4. The van der Waals surface area contributed by atoms with Crippen molar-refractivity contribution in [1.82, 2.24) is 15.5 Å². The summed E-state index contributed by atoms with van der Waals surface area (Å²) >= 11 is 1.24. The topological polar surface area (TPSA) is 77.2 Å². The van der Waals surface area contributed by atoms with Gasteiger partial charge >= 0.3 is 6.09 Å². The monoisotopic (exact) mass is 381 g/mol. The zero-order chi connectivity index (χ0) is 19.3. The summed E-state index contributed by atoms with van der Waals surface area (Å²) in [5, 5.41) is 11.1. The van der Waals surface area contributed by atoms with Crippen LogP contribution >= 0.6 is 11.8 Å². The number of carbonyl (C=O) groups is 1. The number of halogens is 1. The molecule has 0 bridgehead atoms.